The normalized spacial score (nSPS) is 23.6. The summed E-state index contributed by atoms with van der Waals surface area (Å²) in [5.41, 5.74) is 0. The fourth-order valence-corrected chi connectivity index (χ4v) is 4.19. The molecule has 2 aliphatic rings. The maximum Gasteiger partial charge on any atom is 0.191 e. The molecule has 0 aromatic heterocycles. The average Bonchev–Trinajstić information content (AvgIpc) is 2.66. The fourth-order valence-electron chi connectivity index (χ4n) is 4.19. The van der Waals surface area contributed by atoms with Crippen LogP contribution < -0.4 is 10.6 Å². The van der Waals surface area contributed by atoms with Crippen molar-refractivity contribution in [1.29, 1.82) is 0 Å². The second-order valence-corrected chi connectivity index (χ2v) is 8.53. The number of rotatable bonds is 8. The minimum absolute atomic E-state index is 0.494. The molecule has 0 aromatic carbocycles. The van der Waals surface area contributed by atoms with Crippen molar-refractivity contribution in [3.8, 4) is 0 Å². The molecule has 0 bridgehead atoms. The van der Waals surface area contributed by atoms with Gasteiger partial charge in [-0.2, -0.15) is 0 Å². The molecule has 2 atom stereocenters. The number of hydrogen-bond donors (Lipinski definition) is 2. The molecule has 1 aliphatic carbocycles. The molecule has 0 radical (unpaired) electrons. The molecular formula is C21H43N5. The van der Waals surface area contributed by atoms with E-state index in [0.717, 1.165) is 38.1 Å². The minimum atomic E-state index is 0.494. The van der Waals surface area contributed by atoms with Gasteiger partial charge in [0.1, 0.15) is 0 Å². The quantitative estimate of drug-likeness (QED) is 0.513. The van der Waals surface area contributed by atoms with Crippen LogP contribution in [-0.2, 0) is 0 Å². The molecule has 0 spiro atoms. The van der Waals surface area contributed by atoms with Crippen molar-refractivity contribution in [1.82, 2.24) is 20.4 Å². The third-order valence-electron chi connectivity index (χ3n) is 6.13. The summed E-state index contributed by atoms with van der Waals surface area (Å²) < 4.78 is 0. The molecule has 2 fully saturated rings. The van der Waals surface area contributed by atoms with Crippen LogP contribution >= 0.6 is 0 Å². The van der Waals surface area contributed by atoms with Crippen LogP contribution in [0.4, 0.5) is 0 Å². The Kier molecular flexibility index (Phi) is 9.76. The first-order chi connectivity index (χ1) is 12.6. The summed E-state index contributed by atoms with van der Waals surface area (Å²) in [5.74, 6) is 1.95. The topological polar surface area (TPSA) is 42.9 Å². The smallest absolute Gasteiger partial charge is 0.191 e. The van der Waals surface area contributed by atoms with Gasteiger partial charge in [0.2, 0.25) is 0 Å². The summed E-state index contributed by atoms with van der Waals surface area (Å²) in [7, 11) is 2.21. The molecule has 2 rings (SSSR count). The summed E-state index contributed by atoms with van der Waals surface area (Å²) >= 11 is 0. The highest BCUT2D eigenvalue weighted by Crippen LogP contribution is 2.27. The van der Waals surface area contributed by atoms with Crippen LogP contribution in [0.25, 0.3) is 0 Å². The maximum absolute atomic E-state index is 4.88. The average molecular weight is 366 g/mol. The summed E-state index contributed by atoms with van der Waals surface area (Å²) in [6, 6.07) is 1.00. The van der Waals surface area contributed by atoms with Gasteiger partial charge in [-0.1, -0.05) is 32.1 Å². The Hall–Kier alpha value is -0.810. The van der Waals surface area contributed by atoms with Crippen molar-refractivity contribution in [2.75, 3.05) is 46.3 Å². The molecule has 26 heavy (non-hydrogen) atoms. The van der Waals surface area contributed by atoms with Gasteiger partial charge in [-0.15, -0.1) is 0 Å². The predicted octanol–water partition coefficient (Wildman–Crippen LogP) is 2.93. The Morgan fingerprint density at radius 3 is 2.42 bits per heavy atom. The first-order valence-electron chi connectivity index (χ1n) is 11.1. The van der Waals surface area contributed by atoms with E-state index in [1.807, 2.05) is 0 Å². The Balaban J connectivity index is 1.73. The summed E-state index contributed by atoms with van der Waals surface area (Å²) in [4.78, 5) is 9.86. The van der Waals surface area contributed by atoms with E-state index >= 15 is 0 Å². The number of hydrogen-bond acceptors (Lipinski definition) is 3. The molecule has 5 heteroatoms. The highest BCUT2D eigenvalue weighted by molar-refractivity contribution is 5.80. The monoisotopic (exact) mass is 365 g/mol. The number of likely N-dealkylation sites (N-methyl/N-ethyl adjacent to an activating group) is 1. The molecule has 1 heterocycles. The number of nitrogens with one attached hydrogen (secondary N) is 2. The molecule has 2 N–H and O–H groups in total. The van der Waals surface area contributed by atoms with E-state index in [2.05, 4.69) is 48.3 Å². The first kappa shape index (κ1) is 21.5. The summed E-state index contributed by atoms with van der Waals surface area (Å²) in [6.07, 6.45) is 9.86. The Morgan fingerprint density at radius 1 is 1.08 bits per heavy atom. The number of aliphatic imine (C=N–C) groups is 1. The summed E-state index contributed by atoms with van der Waals surface area (Å²) in [5, 5.41) is 7.06. The van der Waals surface area contributed by atoms with Crippen molar-refractivity contribution in [2.24, 2.45) is 10.9 Å². The maximum atomic E-state index is 4.88. The van der Waals surface area contributed by atoms with E-state index < -0.39 is 0 Å². The SMILES string of the molecule is CCNC(=NCC(C)N1CCN(C)CC1)NC(C)CCC1CCCCC1. The van der Waals surface area contributed by atoms with E-state index in [1.165, 1.54) is 58.0 Å². The highest BCUT2D eigenvalue weighted by Gasteiger charge is 2.19. The molecule has 152 valence electrons. The number of piperazine rings is 1. The number of guanidine groups is 1. The van der Waals surface area contributed by atoms with Crippen LogP contribution in [0.15, 0.2) is 4.99 Å². The Labute approximate surface area is 162 Å². The Morgan fingerprint density at radius 2 is 1.77 bits per heavy atom. The zero-order valence-corrected chi connectivity index (χ0v) is 17.8. The molecule has 1 saturated heterocycles. The van der Waals surface area contributed by atoms with Crippen LogP contribution in [0, 0.1) is 5.92 Å². The van der Waals surface area contributed by atoms with Gasteiger partial charge in [-0.3, -0.25) is 9.89 Å². The molecular weight excluding hydrogens is 322 g/mol. The second kappa shape index (κ2) is 11.8. The largest absolute Gasteiger partial charge is 0.357 e. The third-order valence-corrected chi connectivity index (χ3v) is 6.13. The van der Waals surface area contributed by atoms with Gasteiger partial charge in [0.05, 0.1) is 6.54 Å². The van der Waals surface area contributed by atoms with Crippen LogP contribution in [0.5, 0.6) is 0 Å². The minimum Gasteiger partial charge on any atom is -0.357 e. The lowest BCUT2D eigenvalue weighted by Crippen LogP contribution is -2.49. The fraction of sp³-hybridized carbons (Fsp3) is 0.952. The molecule has 1 aliphatic heterocycles. The standard InChI is InChI=1S/C21H43N5/c1-5-22-21(23-17-19(3)26-15-13-25(4)14-16-26)24-18(2)11-12-20-9-7-6-8-10-20/h18-20H,5-17H2,1-4H3,(H2,22,23,24). The van der Waals surface area contributed by atoms with E-state index in [4.69, 9.17) is 4.99 Å². The van der Waals surface area contributed by atoms with Crippen molar-refractivity contribution >= 4 is 5.96 Å². The van der Waals surface area contributed by atoms with Crippen molar-refractivity contribution in [3.63, 3.8) is 0 Å². The molecule has 5 nitrogen and oxygen atoms in total. The zero-order chi connectivity index (χ0) is 18.8. The van der Waals surface area contributed by atoms with Gasteiger partial charge in [0.25, 0.3) is 0 Å². The van der Waals surface area contributed by atoms with Crippen molar-refractivity contribution in [2.45, 2.75) is 77.8 Å². The molecule has 2 unspecified atom stereocenters. The van der Waals surface area contributed by atoms with E-state index in [0.29, 0.717) is 12.1 Å². The van der Waals surface area contributed by atoms with Gasteiger partial charge in [-0.25, -0.2) is 0 Å². The number of nitrogens with zero attached hydrogens (tertiary/aromatic N) is 3. The van der Waals surface area contributed by atoms with Gasteiger partial charge in [0, 0.05) is 44.8 Å². The van der Waals surface area contributed by atoms with Gasteiger partial charge >= 0.3 is 0 Å². The van der Waals surface area contributed by atoms with E-state index in [-0.39, 0.29) is 0 Å². The third kappa shape index (κ3) is 7.83. The van der Waals surface area contributed by atoms with Crippen LogP contribution in [0.3, 0.4) is 0 Å². The van der Waals surface area contributed by atoms with Crippen LogP contribution in [0.1, 0.15) is 65.7 Å². The lowest BCUT2D eigenvalue weighted by atomic mass is 9.85. The Bertz CT molecular complexity index is 397. The van der Waals surface area contributed by atoms with E-state index in [1.54, 1.807) is 0 Å². The lowest BCUT2D eigenvalue weighted by molar-refractivity contribution is 0.122. The molecule has 1 saturated carbocycles. The molecule has 0 amide bonds. The van der Waals surface area contributed by atoms with Gasteiger partial charge in [0.15, 0.2) is 5.96 Å². The first-order valence-corrected chi connectivity index (χ1v) is 11.1. The van der Waals surface area contributed by atoms with Crippen LogP contribution in [0.2, 0.25) is 0 Å². The predicted molar refractivity (Wildman–Crippen MR) is 113 cm³/mol. The van der Waals surface area contributed by atoms with Gasteiger partial charge < -0.3 is 15.5 Å². The molecule has 0 aromatic rings. The van der Waals surface area contributed by atoms with Crippen LogP contribution in [-0.4, -0.2) is 74.2 Å². The second-order valence-electron chi connectivity index (χ2n) is 8.53. The van der Waals surface area contributed by atoms with Crippen molar-refractivity contribution in [3.05, 3.63) is 0 Å². The van der Waals surface area contributed by atoms with Crippen molar-refractivity contribution < 1.29 is 0 Å². The zero-order valence-electron chi connectivity index (χ0n) is 17.8. The summed E-state index contributed by atoms with van der Waals surface area (Å²) in [6.45, 7) is 13.2. The lowest BCUT2D eigenvalue weighted by Gasteiger charge is -2.36. The van der Waals surface area contributed by atoms with Gasteiger partial charge in [-0.05, 0) is 46.6 Å². The highest BCUT2D eigenvalue weighted by atomic mass is 15.3. The van der Waals surface area contributed by atoms with E-state index in [9.17, 15) is 0 Å².